The van der Waals surface area contributed by atoms with Crippen molar-refractivity contribution < 1.29 is 23.5 Å². The average molecular weight is 424 g/mol. The summed E-state index contributed by atoms with van der Waals surface area (Å²) in [5.41, 5.74) is 0.668. The van der Waals surface area contributed by atoms with E-state index in [1.165, 1.54) is 6.07 Å². The maximum Gasteiger partial charge on any atom is 0.374 e. The Bertz CT molecular complexity index is 1040. The molecule has 0 aliphatic rings. The molecule has 0 fully saturated rings. The van der Waals surface area contributed by atoms with Crippen LogP contribution in [-0.4, -0.2) is 40.7 Å². The van der Waals surface area contributed by atoms with Gasteiger partial charge in [-0.25, -0.2) is 4.79 Å². The molecule has 0 bridgehead atoms. The highest BCUT2D eigenvalue weighted by molar-refractivity contribution is 6.04. The number of benzene rings is 1. The number of hydrogen-bond acceptors (Lipinski definition) is 6. The van der Waals surface area contributed by atoms with Gasteiger partial charge in [-0.05, 0) is 36.2 Å². The van der Waals surface area contributed by atoms with Crippen molar-refractivity contribution in [1.29, 1.82) is 0 Å². The van der Waals surface area contributed by atoms with Crippen LogP contribution in [0.1, 0.15) is 40.5 Å². The van der Waals surface area contributed by atoms with E-state index in [0.29, 0.717) is 36.0 Å². The highest BCUT2D eigenvalue weighted by atomic mass is 16.5. The van der Waals surface area contributed by atoms with E-state index in [-0.39, 0.29) is 11.7 Å². The van der Waals surface area contributed by atoms with Crippen LogP contribution in [0.25, 0.3) is 0 Å². The SMILES string of the molecule is CC(C)CNC(=O)c1ccccc1NC(=O)COC(=O)c1ccc(Cn2cccn2)o1. The summed E-state index contributed by atoms with van der Waals surface area (Å²) in [4.78, 5) is 36.8. The molecule has 0 radical (unpaired) electrons. The van der Waals surface area contributed by atoms with Crippen LogP contribution in [-0.2, 0) is 16.1 Å². The molecular formula is C22H24N4O5. The van der Waals surface area contributed by atoms with Gasteiger partial charge in [0.1, 0.15) is 5.76 Å². The van der Waals surface area contributed by atoms with Crippen molar-refractivity contribution in [2.45, 2.75) is 20.4 Å². The van der Waals surface area contributed by atoms with Crippen molar-refractivity contribution in [3.05, 3.63) is 71.9 Å². The summed E-state index contributed by atoms with van der Waals surface area (Å²) in [6.45, 7) is 4.35. The van der Waals surface area contributed by atoms with Crippen molar-refractivity contribution in [2.24, 2.45) is 5.92 Å². The lowest BCUT2D eigenvalue weighted by Gasteiger charge is -2.12. The van der Waals surface area contributed by atoms with E-state index in [0.717, 1.165) is 0 Å². The first kappa shape index (κ1) is 21.8. The van der Waals surface area contributed by atoms with Gasteiger partial charge < -0.3 is 19.8 Å². The van der Waals surface area contributed by atoms with E-state index in [1.54, 1.807) is 53.5 Å². The molecule has 2 N–H and O–H groups in total. The predicted octanol–water partition coefficient (Wildman–Crippen LogP) is 2.71. The second-order valence-electron chi connectivity index (χ2n) is 7.24. The molecule has 2 aromatic heterocycles. The minimum absolute atomic E-state index is 0.0107. The quantitative estimate of drug-likeness (QED) is 0.510. The summed E-state index contributed by atoms with van der Waals surface area (Å²) < 4.78 is 12.1. The molecular weight excluding hydrogens is 400 g/mol. The number of anilines is 1. The van der Waals surface area contributed by atoms with Gasteiger partial charge in [0.15, 0.2) is 6.61 Å². The van der Waals surface area contributed by atoms with Crippen LogP contribution in [0.4, 0.5) is 5.69 Å². The third-order valence-corrected chi connectivity index (χ3v) is 4.19. The largest absolute Gasteiger partial charge is 0.452 e. The summed E-state index contributed by atoms with van der Waals surface area (Å²) in [5.74, 6) is -0.802. The molecule has 0 aliphatic heterocycles. The third kappa shape index (κ3) is 6.30. The first-order valence-electron chi connectivity index (χ1n) is 9.82. The van der Waals surface area contributed by atoms with Crippen molar-refractivity contribution in [3.63, 3.8) is 0 Å². The summed E-state index contributed by atoms with van der Waals surface area (Å²) in [5, 5.41) is 9.47. The van der Waals surface area contributed by atoms with Gasteiger partial charge in [0.05, 0.1) is 17.8 Å². The highest BCUT2D eigenvalue weighted by Gasteiger charge is 2.17. The Balaban J connectivity index is 1.53. The number of rotatable bonds is 9. The minimum Gasteiger partial charge on any atom is -0.452 e. The number of aromatic nitrogens is 2. The zero-order valence-electron chi connectivity index (χ0n) is 17.3. The lowest BCUT2D eigenvalue weighted by molar-refractivity contribution is -0.119. The van der Waals surface area contributed by atoms with Gasteiger partial charge >= 0.3 is 5.97 Å². The Morgan fingerprint density at radius 2 is 1.94 bits per heavy atom. The number of carbonyl (C=O) groups excluding carboxylic acids is 3. The summed E-state index contributed by atoms with van der Waals surface area (Å²) >= 11 is 0. The summed E-state index contributed by atoms with van der Waals surface area (Å²) in [6.07, 6.45) is 3.41. The van der Waals surface area contributed by atoms with Gasteiger partial charge in [-0.2, -0.15) is 5.10 Å². The Kier molecular flexibility index (Phi) is 7.21. The maximum absolute atomic E-state index is 12.4. The molecule has 0 atom stereocenters. The van der Waals surface area contributed by atoms with Crippen LogP contribution < -0.4 is 10.6 Å². The van der Waals surface area contributed by atoms with E-state index in [2.05, 4.69) is 15.7 Å². The molecule has 0 unspecified atom stereocenters. The van der Waals surface area contributed by atoms with Crippen molar-refractivity contribution >= 4 is 23.5 Å². The standard InChI is InChI=1S/C22H24N4O5/c1-15(2)12-23-21(28)17-6-3-4-7-18(17)25-20(27)14-30-22(29)19-9-8-16(31-19)13-26-11-5-10-24-26/h3-11,15H,12-14H2,1-2H3,(H,23,28)(H,25,27). The Morgan fingerprint density at radius 3 is 2.68 bits per heavy atom. The molecule has 0 saturated carbocycles. The molecule has 2 amide bonds. The van der Waals surface area contributed by atoms with Crippen LogP contribution >= 0.6 is 0 Å². The molecule has 3 aromatic rings. The van der Waals surface area contributed by atoms with Gasteiger partial charge in [-0.15, -0.1) is 0 Å². The molecule has 3 rings (SSSR count). The number of amides is 2. The van der Waals surface area contributed by atoms with Crippen LogP contribution in [0.15, 0.2) is 59.3 Å². The Labute approximate surface area is 179 Å². The molecule has 0 spiro atoms. The van der Waals surface area contributed by atoms with E-state index in [1.807, 2.05) is 13.8 Å². The Hall–Kier alpha value is -3.88. The monoisotopic (exact) mass is 424 g/mol. The second kappa shape index (κ2) is 10.2. The molecule has 0 aliphatic carbocycles. The number of carbonyl (C=O) groups is 3. The smallest absolute Gasteiger partial charge is 0.374 e. The topological polar surface area (TPSA) is 115 Å². The first-order chi connectivity index (χ1) is 14.9. The number of ether oxygens (including phenoxy) is 1. The van der Waals surface area contributed by atoms with E-state index >= 15 is 0 Å². The number of nitrogens with one attached hydrogen (secondary N) is 2. The van der Waals surface area contributed by atoms with Gasteiger partial charge in [-0.1, -0.05) is 26.0 Å². The number of hydrogen-bond donors (Lipinski definition) is 2. The molecule has 9 heteroatoms. The summed E-state index contributed by atoms with van der Waals surface area (Å²) in [6, 6.07) is 11.5. The predicted molar refractivity (Wildman–Crippen MR) is 113 cm³/mol. The normalized spacial score (nSPS) is 10.7. The molecule has 9 nitrogen and oxygen atoms in total. The van der Waals surface area contributed by atoms with E-state index in [9.17, 15) is 14.4 Å². The first-order valence-corrected chi connectivity index (χ1v) is 9.82. The number of esters is 1. The maximum atomic E-state index is 12.4. The van der Waals surface area contributed by atoms with Gasteiger partial charge in [0.2, 0.25) is 5.76 Å². The summed E-state index contributed by atoms with van der Waals surface area (Å²) in [7, 11) is 0. The molecule has 162 valence electrons. The molecule has 0 saturated heterocycles. The zero-order valence-corrected chi connectivity index (χ0v) is 17.3. The van der Waals surface area contributed by atoms with Crippen molar-refractivity contribution in [1.82, 2.24) is 15.1 Å². The van der Waals surface area contributed by atoms with Crippen LogP contribution in [0.3, 0.4) is 0 Å². The Morgan fingerprint density at radius 1 is 1.13 bits per heavy atom. The number of furan rings is 1. The third-order valence-electron chi connectivity index (χ3n) is 4.19. The van der Waals surface area contributed by atoms with Crippen molar-refractivity contribution in [3.8, 4) is 0 Å². The fraction of sp³-hybridized carbons (Fsp3) is 0.273. The minimum atomic E-state index is -0.759. The fourth-order valence-electron chi connectivity index (χ4n) is 2.70. The molecule has 2 heterocycles. The van der Waals surface area contributed by atoms with Gasteiger partial charge in [0.25, 0.3) is 11.8 Å². The number of para-hydroxylation sites is 1. The van der Waals surface area contributed by atoms with Gasteiger partial charge in [0, 0.05) is 18.9 Å². The number of nitrogens with zero attached hydrogens (tertiary/aromatic N) is 2. The van der Waals surface area contributed by atoms with Crippen LogP contribution in [0.5, 0.6) is 0 Å². The lowest BCUT2D eigenvalue weighted by Crippen LogP contribution is -2.29. The fourth-order valence-corrected chi connectivity index (χ4v) is 2.70. The zero-order chi connectivity index (χ0) is 22.2. The molecule has 31 heavy (non-hydrogen) atoms. The van der Waals surface area contributed by atoms with Crippen LogP contribution in [0.2, 0.25) is 0 Å². The lowest BCUT2D eigenvalue weighted by atomic mass is 10.1. The van der Waals surface area contributed by atoms with Crippen molar-refractivity contribution in [2.75, 3.05) is 18.5 Å². The second-order valence-corrected chi connectivity index (χ2v) is 7.24. The average Bonchev–Trinajstić information content (AvgIpc) is 3.43. The van der Waals surface area contributed by atoms with Crippen LogP contribution in [0, 0.1) is 5.92 Å². The van der Waals surface area contributed by atoms with Gasteiger partial charge in [-0.3, -0.25) is 14.3 Å². The molecule has 1 aromatic carbocycles. The highest BCUT2D eigenvalue weighted by Crippen LogP contribution is 2.15. The van der Waals surface area contributed by atoms with E-state index in [4.69, 9.17) is 9.15 Å². The van der Waals surface area contributed by atoms with E-state index < -0.39 is 18.5 Å².